The molecule has 0 aromatic heterocycles. The molecule has 0 amide bonds. The van der Waals surface area contributed by atoms with Crippen molar-refractivity contribution in [3.05, 3.63) is 0 Å². The van der Waals surface area contributed by atoms with Gasteiger partial charge in [-0.05, 0) is 20.8 Å². The molecule has 0 aliphatic carbocycles. The Bertz CT molecular complexity index is 156. The average molecular weight is 173 g/mol. The maximum atomic E-state index is 11.0. The van der Waals surface area contributed by atoms with Crippen LogP contribution >= 0.6 is 0 Å². The molecule has 0 aromatic rings. The summed E-state index contributed by atoms with van der Waals surface area (Å²) in [6.45, 7) is 6.20. The van der Waals surface area contributed by atoms with E-state index >= 15 is 0 Å². The lowest BCUT2D eigenvalue weighted by molar-refractivity contribution is -0.144. The first-order valence-electron chi connectivity index (χ1n) is 4.04. The number of oxime groups is 1. The van der Waals surface area contributed by atoms with Crippen molar-refractivity contribution in [2.24, 2.45) is 11.1 Å². The molecule has 0 saturated carbocycles. The molecule has 0 N–H and O–H groups in total. The fraction of sp³-hybridized carbons (Fsp3) is 0.750. The van der Waals surface area contributed by atoms with E-state index in [4.69, 9.17) is 9.57 Å². The van der Waals surface area contributed by atoms with Crippen molar-refractivity contribution in [2.75, 3.05) is 13.2 Å². The van der Waals surface area contributed by atoms with E-state index in [2.05, 4.69) is 5.16 Å². The Morgan fingerprint density at radius 3 is 2.67 bits per heavy atom. The van der Waals surface area contributed by atoms with E-state index in [1.807, 2.05) is 6.92 Å². The molecule has 4 nitrogen and oxygen atoms in total. The zero-order valence-electron chi connectivity index (χ0n) is 7.74. The molecular formula is C8H15NO3. The molecule has 0 spiro atoms. The van der Waals surface area contributed by atoms with Crippen molar-refractivity contribution >= 4 is 12.2 Å². The van der Waals surface area contributed by atoms with Gasteiger partial charge in [0, 0.05) is 0 Å². The lowest BCUT2D eigenvalue weighted by atomic mass is 10.2. The van der Waals surface area contributed by atoms with Crippen LogP contribution in [-0.2, 0) is 14.4 Å². The van der Waals surface area contributed by atoms with Gasteiger partial charge in [-0.3, -0.25) is 4.79 Å². The second-order valence-electron chi connectivity index (χ2n) is 2.21. The van der Waals surface area contributed by atoms with Gasteiger partial charge in [0.25, 0.3) is 0 Å². The lowest BCUT2D eigenvalue weighted by Crippen LogP contribution is -2.15. The fourth-order valence-electron chi connectivity index (χ4n) is 0.543. The van der Waals surface area contributed by atoms with Crippen LogP contribution in [0.4, 0.5) is 0 Å². The molecule has 0 aromatic carbocycles. The number of carbonyl (C=O) groups excluding carboxylic acids is 1. The summed E-state index contributed by atoms with van der Waals surface area (Å²) in [5, 5.41) is 3.57. The van der Waals surface area contributed by atoms with Crippen LogP contribution in [0.1, 0.15) is 20.8 Å². The Hall–Kier alpha value is -1.06. The molecule has 0 rings (SSSR count). The van der Waals surface area contributed by atoms with Crippen LogP contribution in [0.5, 0.6) is 0 Å². The Morgan fingerprint density at radius 2 is 2.17 bits per heavy atom. The summed E-state index contributed by atoms with van der Waals surface area (Å²) in [5.41, 5.74) is 0. The zero-order valence-corrected chi connectivity index (χ0v) is 7.74. The first-order valence-corrected chi connectivity index (χ1v) is 4.04. The van der Waals surface area contributed by atoms with Crippen molar-refractivity contribution in [3.8, 4) is 0 Å². The molecule has 12 heavy (non-hydrogen) atoms. The van der Waals surface area contributed by atoms with Gasteiger partial charge in [-0.25, -0.2) is 0 Å². The SMILES string of the molecule is CCON=CC(C)C(=O)OCC. The van der Waals surface area contributed by atoms with Crippen molar-refractivity contribution in [3.63, 3.8) is 0 Å². The predicted octanol–water partition coefficient (Wildman–Crippen LogP) is 1.21. The number of hydrogen-bond acceptors (Lipinski definition) is 4. The van der Waals surface area contributed by atoms with Crippen LogP contribution in [0.25, 0.3) is 0 Å². The Labute approximate surface area is 72.5 Å². The Kier molecular flexibility index (Phi) is 6.05. The summed E-state index contributed by atoms with van der Waals surface area (Å²) in [7, 11) is 0. The minimum atomic E-state index is -0.337. The molecule has 0 bridgehead atoms. The highest BCUT2D eigenvalue weighted by Gasteiger charge is 2.10. The molecule has 1 unspecified atom stereocenters. The smallest absolute Gasteiger partial charge is 0.314 e. The lowest BCUT2D eigenvalue weighted by Gasteiger charge is -2.03. The van der Waals surface area contributed by atoms with Gasteiger partial charge in [0.1, 0.15) is 6.61 Å². The number of ether oxygens (including phenoxy) is 1. The van der Waals surface area contributed by atoms with Gasteiger partial charge in [-0.15, -0.1) is 0 Å². The second kappa shape index (κ2) is 6.64. The Balaban J connectivity index is 3.69. The van der Waals surface area contributed by atoms with E-state index in [0.29, 0.717) is 13.2 Å². The quantitative estimate of drug-likeness (QED) is 0.356. The Morgan fingerprint density at radius 1 is 1.50 bits per heavy atom. The summed E-state index contributed by atoms with van der Waals surface area (Å²) >= 11 is 0. The largest absolute Gasteiger partial charge is 0.466 e. The van der Waals surface area contributed by atoms with E-state index in [1.54, 1.807) is 13.8 Å². The van der Waals surface area contributed by atoms with Gasteiger partial charge >= 0.3 is 5.97 Å². The van der Waals surface area contributed by atoms with Gasteiger partial charge in [-0.1, -0.05) is 5.16 Å². The predicted molar refractivity (Wildman–Crippen MR) is 45.9 cm³/mol. The van der Waals surface area contributed by atoms with Crippen LogP contribution in [0, 0.1) is 5.92 Å². The highest BCUT2D eigenvalue weighted by atomic mass is 16.6. The monoisotopic (exact) mass is 173 g/mol. The maximum absolute atomic E-state index is 11.0. The van der Waals surface area contributed by atoms with Crippen LogP contribution in [0.3, 0.4) is 0 Å². The molecular weight excluding hydrogens is 158 g/mol. The summed E-state index contributed by atoms with van der Waals surface area (Å²) in [6.07, 6.45) is 1.43. The van der Waals surface area contributed by atoms with E-state index in [-0.39, 0.29) is 11.9 Å². The molecule has 0 saturated heterocycles. The van der Waals surface area contributed by atoms with Crippen molar-refractivity contribution in [1.29, 1.82) is 0 Å². The molecule has 1 atom stereocenters. The molecule has 0 fully saturated rings. The van der Waals surface area contributed by atoms with Gasteiger partial charge < -0.3 is 9.57 Å². The van der Waals surface area contributed by atoms with E-state index in [0.717, 1.165) is 0 Å². The van der Waals surface area contributed by atoms with Gasteiger partial charge in [-0.2, -0.15) is 0 Å². The first kappa shape index (κ1) is 10.9. The third kappa shape index (κ3) is 4.71. The number of hydrogen-bond donors (Lipinski definition) is 0. The van der Waals surface area contributed by atoms with Gasteiger partial charge in [0.05, 0.1) is 18.7 Å². The number of nitrogens with zero attached hydrogens (tertiary/aromatic N) is 1. The number of rotatable bonds is 5. The van der Waals surface area contributed by atoms with Crippen molar-refractivity contribution < 1.29 is 14.4 Å². The van der Waals surface area contributed by atoms with Crippen LogP contribution < -0.4 is 0 Å². The highest BCUT2D eigenvalue weighted by Crippen LogP contribution is 1.94. The summed E-state index contributed by atoms with van der Waals surface area (Å²) < 4.78 is 4.75. The van der Waals surface area contributed by atoms with Crippen LogP contribution in [-0.4, -0.2) is 25.4 Å². The van der Waals surface area contributed by atoms with Crippen LogP contribution in [0.2, 0.25) is 0 Å². The third-order valence-corrected chi connectivity index (χ3v) is 1.15. The fourth-order valence-corrected chi connectivity index (χ4v) is 0.543. The van der Waals surface area contributed by atoms with E-state index in [1.165, 1.54) is 6.21 Å². The maximum Gasteiger partial charge on any atom is 0.314 e. The van der Waals surface area contributed by atoms with Crippen LogP contribution in [0.15, 0.2) is 5.16 Å². The van der Waals surface area contributed by atoms with Gasteiger partial charge in [0.2, 0.25) is 0 Å². The van der Waals surface area contributed by atoms with E-state index < -0.39 is 0 Å². The highest BCUT2D eigenvalue weighted by molar-refractivity contribution is 5.89. The summed E-state index contributed by atoms with van der Waals surface area (Å²) in [4.78, 5) is 15.7. The molecule has 4 heteroatoms. The summed E-state index contributed by atoms with van der Waals surface area (Å²) in [6, 6.07) is 0. The standard InChI is InChI=1S/C8H15NO3/c1-4-11-8(10)7(3)6-9-12-5-2/h6-7H,4-5H2,1-3H3. The number of esters is 1. The molecule has 0 radical (unpaired) electrons. The second-order valence-corrected chi connectivity index (χ2v) is 2.21. The molecule has 0 heterocycles. The summed E-state index contributed by atoms with van der Waals surface area (Å²) in [5.74, 6) is -0.613. The first-order chi connectivity index (χ1) is 5.72. The van der Waals surface area contributed by atoms with Crippen molar-refractivity contribution in [1.82, 2.24) is 0 Å². The van der Waals surface area contributed by atoms with Crippen molar-refractivity contribution in [2.45, 2.75) is 20.8 Å². The third-order valence-electron chi connectivity index (χ3n) is 1.15. The molecule has 0 aliphatic heterocycles. The zero-order chi connectivity index (χ0) is 9.40. The minimum Gasteiger partial charge on any atom is -0.466 e. The normalized spacial score (nSPS) is 12.9. The van der Waals surface area contributed by atoms with E-state index in [9.17, 15) is 4.79 Å². The van der Waals surface area contributed by atoms with Gasteiger partial charge in [0.15, 0.2) is 0 Å². The molecule has 0 aliphatic rings. The molecule has 70 valence electrons. The average Bonchev–Trinajstić information content (AvgIpc) is 2.05. The minimum absolute atomic E-state index is 0.277. The topological polar surface area (TPSA) is 47.9 Å². The number of carbonyl (C=O) groups is 1.